The van der Waals surface area contributed by atoms with Crippen LogP contribution in [0.5, 0.6) is 0 Å². The number of pyridine rings is 1. The maximum Gasteiger partial charge on any atom is 0.309 e. The SMILES string of the molecule is COCc1cccc(/C=C/[C@H]2[C@@H]3CCCC[C@H]3C[C@H]3C(=O)O[C@H](C)[C@@H]23)n1. The molecule has 6 atom stereocenters. The van der Waals surface area contributed by atoms with Gasteiger partial charge >= 0.3 is 5.97 Å². The molecule has 26 heavy (non-hydrogen) atoms. The molecule has 0 amide bonds. The van der Waals surface area contributed by atoms with Gasteiger partial charge in [0.2, 0.25) is 0 Å². The van der Waals surface area contributed by atoms with E-state index in [0.717, 1.165) is 17.8 Å². The van der Waals surface area contributed by atoms with Gasteiger partial charge < -0.3 is 9.47 Å². The topological polar surface area (TPSA) is 48.4 Å². The van der Waals surface area contributed by atoms with Gasteiger partial charge in [-0.25, -0.2) is 0 Å². The molecule has 0 aromatic carbocycles. The Morgan fingerprint density at radius 3 is 3.00 bits per heavy atom. The first-order valence-corrected chi connectivity index (χ1v) is 10.0. The second-order valence-electron chi connectivity index (χ2n) is 8.19. The summed E-state index contributed by atoms with van der Waals surface area (Å²) in [5.74, 6) is 2.20. The zero-order valence-electron chi connectivity index (χ0n) is 15.8. The summed E-state index contributed by atoms with van der Waals surface area (Å²) in [5, 5.41) is 0. The van der Waals surface area contributed by atoms with Crippen molar-refractivity contribution in [3.05, 3.63) is 35.7 Å². The van der Waals surface area contributed by atoms with Crippen LogP contribution in [0.25, 0.3) is 6.08 Å². The lowest BCUT2D eigenvalue weighted by molar-refractivity contribution is -0.144. The minimum atomic E-state index is 0.0258. The summed E-state index contributed by atoms with van der Waals surface area (Å²) in [4.78, 5) is 17.0. The molecule has 0 unspecified atom stereocenters. The summed E-state index contributed by atoms with van der Waals surface area (Å²) in [6.07, 6.45) is 10.7. The van der Waals surface area contributed by atoms with Crippen LogP contribution < -0.4 is 0 Å². The van der Waals surface area contributed by atoms with Crippen molar-refractivity contribution >= 4 is 12.0 Å². The summed E-state index contributed by atoms with van der Waals surface area (Å²) >= 11 is 0. The average molecular weight is 355 g/mol. The predicted octanol–water partition coefficient (Wildman–Crippen LogP) is 4.25. The van der Waals surface area contributed by atoms with Gasteiger partial charge in [0.05, 0.1) is 23.9 Å². The van der Waals surface area contributed by atoms with E-state index in [1.54, 1.807) is 7.11 Å². The van der Waals surface area contributed by atoms with Gasteiger partial charge in [-0.15, -0.1) is 0 Å². The molecule has 4 nitrogen and oxygen atoms in total. The van der Waals surface area contributed by atoms with Crippen LogP contribution in [0.3, 0.4) is 0 Å². The van der Waals surface area contributed by atoms with E-state index in [1.807, 2.05) is 18.2 Å². The lowest BCUT2D eigenvalue weighted by atomic mass is 9.57. The van der Waals surface area contributed by atoms with Gasteiger partial charge in [-0.05, 0) is 55.7 Å². The number of carbonyl (C=O) groups excluding carboxylic acids is 1. The monoisotopic (exact) mass is 355 g/mol. The second-order valence-corrected chi connectivity index (χ2v) is 8.19. The van der Waals surface area contributed by atoms with E-state index in [-0.39, 0.29) is 18.0 Å². The number of hydrogen-bond donors (Lipinski definition) is 0. The number of carbonyl (C=O) groups is 1. The molecule has 1 saturated heterocycles. The van der Waals surface area contributed by atoms with Gasteiger partial charge in [0, 0.05) is 13.0 Å². The zero-order chi connectivity index (χ0) is 18.1. The predicted molar refractivity (Wildman–Crippen MR) is 100 cm³/mol. The van der Waals surface area contributed by atoms with Crippen LogP contribution in [0.4, 0.5) is 0 Å². The standard InChI is InChI=1S/C22H29NO3/c1-14-21-19(11-10-16-7-5-8-17(23-16)13-25-2)18-9-4-3-6-15(18)12-20(21)22(24)26-14/h5,7-8,10-11,14-15,18-21H,3-4,6,9,12-13H2,1-2H3/b11-10+/t14-,15+,18-,19+,20-,21+/m1/s1. The Balaban J connectivity index is 1.61. The molecular formula is C22H29NO3. The summed E-state index contributed by atoms with van der Waals surface area (Å²) < 4.78 is 10.8. The zero-order valence-corrected chi connectivity index (χ0v) is 15.8. The number of esters is 1. The third-order valence-electron chi connectivity index (χ3n) is 6.68. The maximum atomic E-state index is 12.4. The smallest absolute Gasteiger partial charge is 0.309 e. The summed E-state index contributed by atoms with van der Waals surface area (Å²) in [6, 6.07) is 6.05. The Bertz CT molecular complexity index is 686. The van der Waals surface area contributed by atoms with Gasteiger partial charge in [0.1, 0.15) is 6.10 Å². The van der Waals surface area contributed by atoms with Gasteiger partial charge in [-0.2, -0.15) is 0 Å². The van der Waals surface area contributed by atoms with Crippen LogP contribution in [0.2, 0.25) is 0 Å². The Labute approximate surface area is 156 Å². The van der Waals surface area contributed by atoms with E-state index in [9.17, 15) is 4.79 Å². The third kappa shape index (κ3) is 3.32. The molecule has 0 spiro atoms. The number of methoxy groups -OCH3 is 1. The van der Waals surface area contributed by atoms with Crippen LogP contribution in [0.1, 0.15) is 50.4 Å². The quantitative estimate of drug-likeness (QED) is 0.758. The highest BCUT2D eigenvalue weighted by Crippen LogP contribution is 2.53. The molecule has 140 valence electrons. The first-order chi connectivity index (χ1) is 12.7. The lowest BCUT2D eigenvalue weighted by Crippen LogP contribution is -2.42. The molecule has 0 radical (unpaired) electrons. The summed E-state index contributed by atoms with van der Waals surface area (Å²) in [7, 11) is 1.69. The molecule has 1 aliphatic heterocycles. The van der Waals surface area contributed by atoms with Crippen LogP contribution in [0.15, 0.2) is 24.3 Å². The van der Waals surface area contributed by atoms with Gasteiger partial charge in [-0.1, -0.05) is 31.4 Å². The normalized spacial score (nSPS) is 36.6. The van der Waals surface area contributed by atoms with E-state index >= 15 is 0 Å². The highest BCUT2D eigenvalue weighted by atomic mass is 16.6. The summed E-state index contributed by atoms with van der Waals surface area (Å²) in [5.41, 5.74) is 1.91. The molecule has 2 saturated carbocycles. The Hall–Kier alpha value is -1.68. The molecule has 2 heterocycles. The van der Waals surface area contributed by atoms with Crippen molar-refractivity contribution in [2.45, 2.75) is 51.7 Å². The minimum absolute atomic E-state index is 0.0258. The van der Waals surface area contributed by atoms with Gasteiger partial charge in [0.25, 0.3) is 0 Å². The van der Waals surface area contributed by atoms with Crippen LogP contribution in [-0.4, -0.2) is 24.2 Å². The minimum Gasteiger partial charge on any atom is -0.462 e. The van der Waals surface area contributed by atoms with Crippen molar-refractivity contribution < 1.29 is 14.3 Å². The van der Waals surface area contributed by atoms with E-state index in [0.29, 0.717) is 30.3 Å². The van der Waals surface area contributed by atoms with Crippen LogP contribution >= 0.6 is 0 Å². The number of ether oxygens (including phenoxy) is 2. The van der Waals surface area contributed by atoms with Crippen molar-refractivity contribution in [2.24, 2.45) is 29.6 Å². The number of cyclic esters (lactones) is 1. The Morgan fingerprint density at radius 2 is 2.15 bits per heavy atom. The van der Waals surface area contributed by atoms with Crippen molar-refractivity contribution in [3.63, 3.8) is 0 Å². The largest absolute Gasteiger partial charge is 0.462 e. The van der Waals surface area contributed by atoms with E-state index in [1.165, 1.54) is 25.7 Å². The lowest BCUT2D eigenvalue weighted by Gasteiger charge is -2.45. The molecule has 2 aliphatic carbocycles. The molecule has 3 fully saturated rings. The van der Waals surface area contributed by atoms with Gasteiger partial charge in [-0.3, -0.25) is 9.78 Å². The van der Waals surface area contributed by atoms with Crippen molar-refractivity contribution in [3.8, 4) is 0 Å². The van der Waals surface area contributed by atoms with E-state index in [4.69, 9.17) is 9.47 Å². The number of nitrogens with zero attached hydrogens (tertiary/aromatic N) is 1. The number of allylic oxidation sites excluding steroid dienone is 1. The van der Waals surface area contributed by atoms with Crippen LogP contribution in [-0.2, 0) is 20.9 Å². The van der Waals surface area contributed by atoms with Crippen molar-refractivity contribution in [1.82, 2.24) is 4.98 Å². The second kappa shape index (κ2) is 7.51. The molecule has 4 heteroatoms. The third-order valence-corrected chi connectivity index (χ3v) is 6.68. The number of fused-ring (bicyclic) bond motifs is 2. The number of hydrogen-bond acceptors (Lipinski definition) is 4. The number of rotatable bonds is 4. The molecule has 4 rings (SSSR count). The highest BCUT2D eigenvalue weighted by Gasteiger charge is 2.53. The fourth-order valence-corrected chi connectivity index (χ4v) is 5.62. The first-order valence-electron chi connectivity index (χ1n) is 10.0. The Kier molecular flexibility index (Phi) is 5.12. The molecule has 1 aromatic rings. The molecule has 1 aromatic heterocycles. The molecular weight excluding hydrogens is 326 g/mol. The average Bonchev–Trinajstić information content (AvgIpc) is 2.93. The molecule has 3 aliphatic rings. The van der Waals surface area contributed by atoms with E-state index in [2.05, 4.69) is 24.1 Å². The van der Waals surface area contributed by atoms with Crippen LogP contribution in [0, 0.1) is 29.6 Å². The first kappa shape index (κ1) is 17.7. The molecule has 0 bridgehead atoms. The van der Waals surface area contributed by atoms with Crippen molar-refractivity contribution in [1.29, 1.82) is 0 Å². The summed E-state index contributed by atoms with van der Waals surface area (Å²) in [6.45, 7) is 2.60. The Morgan fingerprint density at radius 1 is 1.31 bits per heavy atom. The fourth-order valence-electron chi connectivity index (χ4n) is 5.62. The molecule has 0 N–H and O–H groups in total. The van der Waals surface area contributed by atoms with Crippen molar-refractivity contribution in [2.75, 3.05) is 7.11 Å². The maximum absolute atomic E-state index is 12.4. The fraction of sp³-hybridized carbons (Fsp3) is 0.636. The van der Waals surface area contributed by atoms with Gasteiger partial charge in [0.15, 0.2) is 0 Å². The van der Waals surface area contributed by atoms with E-state index < -0.39 is 0 Å². The highest BCUT2D eigenvalue weighted by molar-refractivity contribution is 5.75. The number of aromatic nitrogens is 1.